The highest BCUT2D eigenvalue weighted by atomic mass is 32.2. The summed E-state index contributed by atoms with van der Waals surface area (Å²) in [5.74, 6) is 0.280. The van der Waals surface area contributed by atoms with E-state index in [4.69, 9.17) is 4.74 Å². The predicted molar refractivity (Wildman–Crippen MR) is 150 cm³/mol. The third kappa shape index (κ3) is 7.20. The zero-order chi connectivity index (χ0) is 26.9. The number of hydrogen-bond donors (Lipinski definition) is 1. The summed E-state index contributed by atoms with van der Waals surface area (Å²) in [4.78, 5) is 38.1. The standard InChI is InChI=1S/C30H30N4O3S/c1-21-18-22(2)32-30(31-21)38-20-27(35)34(19-23-10-6-4-7-11-23)28(24-12-8-5-9-13-24)29(36)33-25-14-16-26(37-3)17-15-25/h4-18,28H,19-20H2,1-3H3,(H,33,36)/t28-/m1/s1. The smallest absolute Gasteiger partial charge is 0.251 e. The minimum absolute atomic E-state index is 0.0921. The molecule has 1 heterocycles. The molecule has 0 bridgehead atoms. The number of aromatic nitrogens is 2. The van der Waals surface area contributed by atoms with E-state index >= 15 is 0 Å². The molecule has 3 aromatic carbocycles. The Bertz CT molecular complexity index is 1350. The number of thioether (sulfide) groups is 1. The predicted octanol–water partition coefficient (Wildman–Crippen LogP) is 5.60. The van der Waals surface area contributed by atoms with Crippen molar-refractivity contribution in [3.8, 4) is 5.75 Å². The fourth-order valence-electron chi connectivity index (χ4n) is 4.06. The molecule has 4 aromatic rings. The number of benzene rings is 3. The number of anilines is 1. The Morgan fingerprint density at radius 3 is 2.11 bits per heavy atom. The number of hydrogen-bond acceptors (Lipinski definition) is 6. The number of aryl methyl sites for hydroxylation is 2. The third-order valence-electron chi connectivity index (χ3n) is 5.84. The maximum atomic E-state index is 13.8. The van der Waals surface area contributed by atoms with Crippen LogP contribution in [0.1, 0.15) is 28.6 Å². The molecule has 0 saturated carbocycles. The zero-order valence-electron chi connectivity index (χ0n) is 21.6. The molecule has 0 unspecified atom stereocenters. The summed E-state index contributed by atoms with van der Waals surface area (Å²) < 4.78 is 5.23. The highest BCUT2D eigenvalue weighted by molar-refractivity contribution is 7.99. The van der Waals surface area contributed by atoms with Gasteiger partial charge in [-0.2, -0.15) is 0 Å². The molecule has 0 fully saturated rings. The molecule has 0 aliphatic rings. The van der Waals surface area contributed by atoms with E-state index in [1.165, 1.54) is 11.8 Å². The van der Waals surface area contributed by atoms with E-state index in [2.05, 4.69) is 15.3 Å². The molecular weight excluding hydrogens is 496 g/mol. The summed E-state index contributed by atoms with van der Waals surface area (Å²) in [5.41, 5.74) is 3.94. The molecule has 4 rings (SSSR count). The number of carbonyl (C=O) groups excluding carboxylic acids is 2. The lowest BCUT2D eigenvalue weighted by atomic mass is 10.0. The van der Waals surface area contributed by atoms with Gasteiger partial charge in [0.2, 0.25) is 5.91 Å². The molecule has 0 saturated heterocycles. The second-order valence-electron chi connectivity index (χ2n) is 8.76. The van der Waals surface area contributed by atoms with Crippen LogP contribution in [0.3, 0.4) is 0 Å². The van der Waals surface area contributed by atoms with Crippen molar-refractivity contribution in [2.45, 2.75) is 31.6 Å². The van der Waals surface area contributed by atoms with Gasteiger partial charge < -0.3 is 15.0 Å². The average molecular weight is 527 g/mol. The summed E-state index contributed by atoms with van der Waals surface area (Å²) in [6.45, 7) is 4.07. The molecule has 0 radical (unpaired) electrons. The largest absolute Gasteiger partial charge is 0.497 e. The Labute approximate surface area is 227 Å². The van der Waals surface area contributed by atoms with Crippen LogP contribution in [-0.2, 0) is 16.1 Å². The molecule has 2 amide bonds. The first-order chi connectivity index (χ1) is 18.4. The van der Waals surface area contributed by atoms with E-state index in [1.54, 1.807) is 36.3 Å². The summed E-state index contributed by atoms with van der Waals surface area (Å²) >= 11 is 1.27. The molecule has 194 valence electrons. The Morgan fingerprint density at radius 1 is 0.895 bits per heavy atom. The van der Waals surface area contributed by atoms with Crippen LogP contribution in [0.4, 0.5) is 5.69 Å². The van der Waals surface area contributed by atoms with Gasteiger partial charge in [0.1, 0.15) is 11.8 Å². The highest BCUT2D eigenvalue weighted by Crippen LogP contribution is 2.27. The van der Waals surface area contributed by atoms with E-state index < -0.39 is 6.04 Å². The number of ether oxygens (including phenoxy) is 1. The number of methoxy groups -OCH3 is 1. The second-order valence-corrected chi connectivity index (χ2v) is 9.70. The Morgan fingerprint density at radius 2 is 1.50 bits per heavy atom. The molecule has 0 aliphatic carbocycles. The van der Waals surface area contributed by atoms with Crippen LogP contribution in [-0.4, -0.2) is 39.5 Å². The average Bonchev–Trinajstić information content (AvgIpc) is 2.92. The molecule has 7 nitrogen and oxygen atoms in total. The topological polar surface area (TPSA) is 84.4 Å². The molecule has 8 heteroatoms. The van der Waals surface area contributed by atoms with Crippen molar-refractivity contribution in [3.05, 3.63) is 114 Å². The third-order valence-corrected chi connectivity index (χ3v) is 6.67. The molecular formula is C30H30N4O3S. The molecule has 1 aromatic heterocycles. The van der Waals surface area contributed by atoms with Gasteiger partial charge in [0.25, 0.3) is 5.91 Å². The van der Waals surface area contributed by atoms with Crippen LogP contribution >= 0.6 is 11.8 Å². The van der Waals surface area contributed by atoms with Crippen LogP contribution in [0.2, 0.25) is 0 Å². The van der Waals surface area contributed by atoms with Crippen LogP contribution < -0.4 is 10.1 Å². The monoisotopic (exact) mass is 526 g/mol. The van der Waals surface area contributed by atoms with Crippen LogP contribution in [0.5, 0.6) is 5.75 Å². The van der Waals surface area contributed by atoms with Gasteiger partial charge in [-0.05, 0) is 55.3 Å². The fourth-order valence-corrected chi connectivity index (χ4v) is 4.90. The molecule has 1 N–H and O–H groups in total. The zero-order valence-corrected chi connectivity index (χ0v) is 22.4. The maximum Gasteiger partial charge on any atom is 0.251 e. The van der Waals surface area contributed by atoms with E-state index in [0.717, 1.165) is 22.5 Å². The SMILES string of the molecule is COc1ccc(NC(=O)[C@@H](c2ccccc2)N(Cc2ccccc2)C(=O)CSc2nc(C)cc(C)n2)cc1. The first-order valence-electron chi connectivity index (χ1n) is 12.2. The number of rotatable bonds is 10. The van der Waals surface area contributed by atoms with Gasteiger partial charge in [0, 0.05) is 23.6 Å². The number of nitrogens with one attached hydrogen (secondary N) is 1. The number of carbonyl (C=O) groups is 2. The normalized spacial score (nSPS) is 11.4. The quantitative estimate of drug-likeness (QED) is 0.214. The maximum absolute atomic E-state index is 13.8. The van der Waals surface area contributed by atoms with Crippen LogP contribution in [0, 0.1) is 13.8 Å². The summed E-state index contributed by atoms with van der Waals surface area (Å²) in [7, 11) is 1.59. The lowest BCUT2D eigenvalue weighted by Gasteiger charge is -2.31. The number of amides is 2. The summed E-state index contributed by atoms with van der Waals surface area (Å²) in [6.07, 6.45) is 0. The van der Waals surface area contributed by atoms with Crippen LogP contribution in [0.15, 0.2) is 96.2 Å². The van der Waals surface area contributed by atoms with Gasteiger partial charge in [0.15, 0.2) is 5.16 Å². The van der Waals surface area contributed by atoms with Crippen molar-refractivity contribution in [3.63, 3.8) is 0 Å². The van der Waals surface area contributed by atoms with Gasteiger partial charge in [-0.15, -0.1) is 0 Å². The highest BCUT2D eigenvalue weighted by Gasteiger charge is 2.32. The number of nitrogens with zero attached hydrogens (tertiary/aromatic N) is 3. The molecule has 0 aliphatic heterocycles. The van der Waals surface area contributed by atoms with Crippen molar-refractivity contribution in [1.29, 1.82) is 0 Å². The Kier molecular flexibility index (Phi) is 9.11. The first kappa shape index (κ1) is 26.9. The molecule has 38 heavy (non-hydrogen) atoms. The van der Waals surface area contributed by atoms with E-state index in [9.17, 15) is 9.59 Å². The van der Waals surface area contributed by atoms with E-state index in [0.29, 0.717) is 16.6 Å². The van der Waals surface area contributed by atoms with Crippen molar-refractivity contribution in [2.75, 3.05) is 18.2 Å². The van der Waals surface area contributed by atoms with E-state index in [-0.39, 0.29) is 24.1 Å². The lowest BCUT2D eigenvalue weighted by molar-refractivity contribution is -0.137. The Hall–Kier alpha value is -4.17. The van der Waals surface area contributed by atoms with Gasteiger partial charge in [-0.3, -0.25) is 9.59 Å². The Balaban J connectivity index is 1.65. The van der Waals surface area contributed by atoms with Gasteiger partial charge >= 0.3 is 0 Å². The first-order valence-corrected chi connectivity index (χ1v) is 13.2. The van der Waals surface area contributed by atoms with Gasteiger partial charge in [-0.25, -0.2) is 9.97 Å². The lowest BCUT2D eigenvalue weighted by Crippen LogP contribution is -2.41. The van der Waals surface area contributed by atoms with Gasteiger partial charge in [-0.1, -0.05) is 72.4 Å². The van der Waals surface area contributed by atoms with E-state index in [1.807, 2.05) is 80.6 Å². The molecule has 1 atom stereocenters. The van der Waals surface area contributed by atoms with Crippen molar-refractivity contribution < 1.29 is 14.3 Å². The summed E-state index contributed by atoms with van der Waals surface area (Å²) in [5, 5.41) is 3.52. The minimum atomic E-state index is -0.855. The van der Waals surface area contributed by atoms with Crippen molar-refractivity contribution in [2.24, 2.45) is 0 Å². The minimum Gasteiger partial charge on any atom is -0.497 e. The second kappa shape index (κ2) is 12.9. The van der Waals surface area contributed by atoms with Gasteiger partial charge in [0.05, 0.1) is 12.9 Å². The van der Waals surface area contributed by atoms with Crippen LogP contribution in [0.25, 0.3) is 0 Å². The summed E-state index contributed by atoms with van der Waals surface area (Å²) in [6, 6.07) is 27.2. The fraction of sp³-hybridized carbons (Fsp3) is 0.200. The van der Waals surface area contributed by atoms with Crippen molar-refractivity contribution in [1.82, 2.24) is 14.9 Å². The van der Waals surface area contributed by atoms with Crippen molar-refractivity contribution >= 4 is 29.3 Å². The molecule has 0 spiro atoms.